The molecule has 0 amide bonds. The predicted octanol–water partition coefficient (Wildman–Crippen LogP) is 4.17. The number of hydrogen-bond donors (Lipinski definition) is 1. The summed E-state index contributed by atoms with van der Waals surface area (Å²) in [7, 11) is 0. The largest absolute Gasteiger partial charge is 0.509 e. The molecule has 0 aromatic carbocycles. The lowest BCUT2D eigenvalue weighted by Crippen LogP contribution is -2.17. The number of aliphatic hydroxyl groups excluding tert-OH is 1. The number of hydrogen-bond acceptors (Lipinski definition) is 2. The molecule has 0 heterocycles. The van der Waals surface area contributed by atoms with E-state index in [9.17, 15) is 14.3 Å². The van der Waals surface area contributed by atoms with Crippen LogP contribution in [0.3, 0.4) is 0 Å². The summed E-state index contributed by atoms with van der Waals surface area (Å²) in [5, 5.41) is 9.67. The van der Waals surface area contributed by atoms with Gasteiger partial charge in [0.1, 0.15) is 5.76 Å². The molecule has 0 saturated carbocycles. The number of aliphatic hydroxyl groups is 1. The summed E-state index contributed by atoms with van der Waals surface area (Å²) >= 11 is 0. The van der Waals surface area contributed by atoms with E-state index < -0.39 is 11.6 Å². The molecule has 16 heavy (non-hydrogen) atoms. The van der Waals surface area contributed by atoms with Crippen LogP contribution in [0.1, 0.15) is 53.4 Å². The first-order valence-corrected chi connectivity index (χ1v) is 6.16. The molecule has 94 valence electrons. The van der Waals surface area contributed by atoms with Gasteiger partial charge in [0.2, 0.25) is 5.83 Å². The molecule has 1 N–H and O–H groups in total. The van der Waals surface area contributed by atoms with Gasteiger partial charge in [0.25, 0.3) is 0 Å². The van der Waals surface area contributed by atoms with Crippen molar-refractivity contribution in [2.75, 3.05) is 0 Å². The lowest BCUT2D eigenvalue weighted by atomic mass is 9.93. The van der Waals surface area contributed by atoms with Gasteiger partial charge >= 0.3 is 0 Å². The number of allylic oxidation sites excluding steroid dienone is 2. The van der Waals surface area contributed by atoms with E-state index in [1.807, 2.05) is 27.7 Å². The number of Topliss-reactive ketones (excluding diaryl/α,β-unsaturated/α-hetero) is 1. The Hall–Kier alpha value is -0.860. The van der Waals surface area contributed by atoms with Gasteiger partial charge in [-0.1, -0.05) is 27.7 Å². The van der Waals surface area contributed by atoms with Crippen LogP contribution >= 0.6 is 0 Å². The smallest absolute Gasteiger partial charge is 0.203 e. The first kappa shape index (κ1) is 15.1. The van der Waals surface area contributed by atoms with E-state index in [0.717, 1.165) is 0 Å². The highest BCUT2D eigenvalue weighted by Gasteiger charge is 2.25. The van der Waals surface area contributed by atoms with Gasteiger partial charge in [0.05, 0.1) is 0 Å². The van der Waals surface area contributed by atoms with Gasteiger partial charge in [-0.05, 0) is 25.7 Å². The molecule has 0 aliphatic carbocycles. The van der Waals surface area contributed by atoms with Crippen LogP contribution in [0.25, 0.3) is 0 Å². The minimum absolute atomic E-state index is 0.238. The van der Waals surface area contributed by atoms with E-state index in [2.05, 4.69) is 0 Å². The molecule has 0 unspecified atom stereocenters. The molecule has 0 radical (unpaired) electrons. The van der Waals surface area contributed by atoms with Crippen LogP contribution in [0.4, 0.5) is 4.39 Å². The van der Waals surface area contributed by atoms with Crippen LogP contribution in [0.5, 0.6) is 0 Å². The maximum Gasteiger partial charge on any atom is 0.203 e. The quantitative estimate of drug-likeness (QED) is 0.526. The van der Waals surface area contributed by atoms with Crippen LogP contribution in [-0.2, 0) is 4.79 Å². The molecular formula is C13H23FO2. The maximum absolute atomic E-state index is 13.7. The first-order chi connectivity index (χ1) is 7.53. The third-order valence-corrected chi connectivity index (χ3v) is 3.17. The summed E-state index contributed by atoms with van der Waals surface area (Å²) in [4.78, 5) is 11.7. The van der Waals surface area contributed by atoms with Gasteiger partial charge in [-0.2, -0.15) is 4.39 Å². The third-order valence-electron chi connectivity index (χ3n) is 3.17. The Bertz CT molecular complexity index is 251. The molecule has 0 spiro atoms. The van der Waals surface area contributed by atoms with Crippen molar-refractivity contribution in [3.63, 3.8) is 0 Å². The molecule has 0 aromatic heterocycles. The van der Waals surface area contributed by atoms with E-state index in [0.29, 0.717) is 25.7 Å². The average Bonchev–Trinajstić information content (AvgIpc) is 2.30. The zero-order chi connectivity index (χ0) is 12.7. The van der Waals surface area contributed by atoms with Crippen LogP contribution < -0.4 is 0 Å². The number of carbonyl (C=O) groups excluding carboxylic acids is 1. The molecule has 2 nitrogen and oxygen atoms in total. The topological polar surface area (TPSA) is 37.3 Å². The molecule has 0 rings (SSSR count). The van der Waals surface area contributed by atoms with Crippen molar-refractivity contribution in [2.24, 2.45) is 11.8 Å². The highest BCUT2D eigenvalue weighted by molar-refractivity contribution is 5.95. The molecule has 0 saturated heterocycles. The van der Waals surface area contributed by atoms with E-state index in [4.69, 9.17) is 0 Å². The molecule has 3 heteroatoms. The zero-order valence-electron chi connectivity index (χ0n) is 10.7. The summed E-state index contributed by atoms with van der Waals surface area (Å²) < 4.78 is 13.7. The van der Waals surface area contributed by atoms with Crippen LogP contribution in [0, 0.1) is 11.8 Å². The van der Waals surface area contributed by atoms with Crippen molar-refractivity contribution >= 4 is 5.78 Å². The monoisotopic (exact) mass is 230 g/mol. The van der Waals surface area contributed by atoms with E-state index in [1.54, 1.807) is 0 Å². The molecular weight excluding hydrogens is 207 g/mol. The van der Waals surface area contributed by atoms with Gasteiger partial charge in [-0.3, -0.25) is 4.79 Å². The van der Waals surface area contributed by atoms with Crippen LogP contribution in [0.2, 0.25) is 0 Å². The number of carbonyl (C=O) groups is 1. The zero-order valence-corrected chi connectivity index (χ0v) is 10.7. The van der Waals surface area contributed by atoms with Crippen molar-refractivity contribution in [3.05, 3.63) is 11.6 Å². The highest BCUT2D eigenvalue weighted by atomic mass is 19.1. The predicted molar refractivity (Wildman–Crippen MR) is 63.9 cm³/mol. The molecule has 0 aromatic rings. The van der Waals surface area contributed by atoms with Crippen molar-refractivity contribution in [1.82, 2.24) is 0 Å². The lowest BCUT2D eigenvalue weighted by Gasteiger charge is -2.14. The summed E-state index contributed by atoms with van der Waals surface area (Å²) in [5.41, 5.74) is 0. The third kappa shape index (κ3) is 3.62. The average molecular weight is 230 g/mol. The van der Waals surface area contributed by atoms with Gasteiger partial charge in [0.15, 0.2) is 5.78 Å². The van der Waals surface area contributed by atoms with Crippen molar-refractivity contribution < 1.29 is 14.3 Å². The van der Waals surface area contributed by atoms with Crippen molar-refractivity contribution in [2.45, 2.75) is 53.4 Å². The van der Waals surface area contributed by atoms with Crippen molar-refractivity contribution in [1.29, 1.82) is 0 Å². The summed E-state index contributed by atoms with van der Waals surface area (Å²) in [6.07, 6.45) is 2.51. The lowest BCUT2D eigenvalue weighted by molar-refractivity contribution is -0.121. The number of rotatable bonds is 7. The van der Waals surface area contributed by atoms with Gasteiger partial charge in [-0.25, -0.2) is 0 Å². The van der Waals surface area contributed by atoms with E-state index in [1.165, 1.54) is 0 Å². The number of ketones is 1. The second-order valence-electron chi connectivity index (χ2n) is 4.09. The van der Waals surface area contributed by atoms with E-state index >= 15 is 0 Å². The Morgan fingerprint density at radius 2 is 1.38 bits per heavy atom. The second kappa shape index (κ2) is 7.42. The van der Waals surface area contributed by atoms with Gasteiger partial charge in [-0.15, -0.1) is 0 Å². The van der Waals surface area contributed by atoms with Crippen LogP contribution in [-0.4, -0.2) is 10.9 Å². The minimum atomic E-state index is -0.928. The summed E-state index contributed by atoms with van der Waals surface area (Å²) in [5.74, 6) is -2.38. The maximum atomic E-state index is 13.7. The van der Waals surface area contributed by atoms with Crippen LogP contribution in [0.15, 0.2) is 11.6 Å². The fourth-order valence-corrected chi connectivity index (χ4v) is 1.82. The van der Waals surface area contributed by atoms with Gasteiger partial charge < -0.3 is 5.11 Å². The molecule has 0 fully saturated rings. The Labute approximate surface area is 97.6 Å². The Kier molecular flexibility index (Phi) is 7.02. The summed E-state index contributed by atoms with van der Waals surface area (Å²) in [6, 6.07) is 0. The van der Waals surface area contributed by atoms with E-state index in [-0.39, 0.29) is 17.6 Å². The SMILES string of the molecule is CCC(CC)C(=O)/C(F)=C(\O)C(CC)CC. The minimum Gasteiger partial charge on any atom is -0.509 e. The second-order valence-corrected chi connectivity index (χ2v) is 4.09. The summed E-state index contributed by atoms with van der Waals surface area (Å²) in [6.45, 7) is 7.46. The Balaban J connectivity index is 4.92. The normalized spacial score (nSPS) is 13.2. The Morgan fingerprint density at radius 3 is 1.69 bits per heavy atom. The highest BCUT2D eigenvalue weighted by Crippen LogP contribution is 2.24. The fraction of sp³-hybridized carbons (Fsp3) is 0.769. The standard InChI is InChI=1S/C13H23FO2/c1-5-9(6-2)12(15)11(14)13(16)10(7-3)8-4/h9-10,15H,5-8H2,1-4H3/b12-11+. The first-order valence-electron chi connectivity index (χ1n) is 6.16. The molecule has 0 aliphatic rings. The number of halogens is 1. The van der Waals surface area contributed by atoms with Crippen molar-refractivity contribution in [3.8, 4) is 0 Å². The molecule has 0 bridgehead atoms. The van der Waals surface area contributed by atoms with Gasteiger partial charge in [0, 0.05) is 11.8 Å². The fourth-order valence-electron chi connectivity index (χ4n) is 1.82. The molecule has 0 atom stereocenters. The Morgan fingerprint density at radius 1 is 1.00 bits per heavy atom. The molecule has 0 aliphatic heterocycles.